The van der Waals surface area contributed by atoms with Crippen LogP contribution in [0.25, 0.3) is 0 Å². The first kappa shape index (κ1) is 15.0. The first-order valence-electron chi connectivity index (χ1n) is 7.53. The molecule has 116 valence electrons. The Bertz CT molecular complexity index is 635. The van der Waals surface area contributed by atoms with Crippen molar-refractivity contribution in [3.05, 3.63) is 21.4 Å². The van der Waals surface area contributed by atoms with Crippen molar-refractivity contribution in [2.75, 3.05) is 6.61 Å². The average molecular weight is 318 g/mol. The molecule has 1 saturated carbocycles. The zero-order valence-electron chi connectivity index (χ0n) is 12.5. The van der Waals surface area contributed by atoms with Gasteiger partial charge in [-0.1, -0.05) is 0 Å². The first-order valence-corrected chi connectivity index (χ1v) is 8.34. The van der Waals surface area contributed by atoms with E-state index >= 15 is 0 Å². The summed E-state index contributed by atoms with van der Waals surface area (Å²) in [6.07, 6.45) is 5.08. The van der Waals surface area contributed by atoms with Crippen molar-refractivity contribution in [1.29, 1.82) is 5.26 Å². The van der Waals surface area contributed by atoms with Crippen LogP contribution in [0.1, 0.15) is 46.3 Å². The predicted octanol–water partition coefficient (Wildman–Crippen LogP) is 2.20. The molecule has 0 spiro atoms. The van der Waals surface area contributed by atoms with Crippen LogP contribution in [0.3, 0.4) is 0 Å². The number of rotatable bonds is 5. The van der Waals surface area contributed by atoms with Crippen LogP contribution in [0.15, 0.2) is 6.07 Å². The highest BCUT2D eigenvalue weighted by Gasteiger charge is 2.43. The number of fused-ring (bicyclic) bond motifs is 1. The molecule has 2 aliphatic rings. The highest BCUT2D eigenvalue weighted by Crippen LogP contribution is 2.39. The number of carbonyl (C=O) groups is 2. The van der Waals surface area contributed by atoms with Crippen molar-refractivity contribution in [1.82, 2.24) is 5.32 Å². The molecular weight excluding hydrogens is 300 g/mol. The number of hydrogen-bond donors (Lipinski definition) is 1. The summed E-state index contributed by atoms with van der Waals surface area (Å²) in [5, 5.41) is 11.9. The van der Waals surface area contributed by atoms with Crippen LogP contribution in [0.4, 0.5) is 0 Å². The zero-order chi connectivity index (χ0) is 15.7. The van der Waals surface area contributed by atoms with E-state index in [2.05, 4.69) is 11.4 Å². The van der Waals surface area contributed by atoms with Gasteiger partial charge in [-0.3, -0.25) is 4.79 Å². The summed E-state index contributed by atoms with van der Waals surface area (Å²) in [4.78, 5) is 25.7. The van der Waals surface area contributed by atoms with E-state index in [0.29, 0.717) is 4.88 Å². The molecule has 2 aliphatic carbocycles. The molecule has 0 aliphatic heterocycles. The summed E-state index contributed by atoms with van der Waals surface area (Å²) in [6, 6.07) is 4.02. The lowest BCUT2D eigenvalue weighted by Crippen LogP contribution is -2.48. The van der Waals surface area contributed by atoms with E-state index < -0.39 is 17.4 Å². The molecule has 1 atom stereocenters. The van der Waals surface area contributed by atoms with Crippen molar-refractivity contribution < 1.29 is 14.3 Å². The molecule has 3 rings (SSSR count). The van der Waals surface area contributed by atoms with Gasteiger partial charge >= 0.3 is 5.97 Å². The van der Waals surface area contributed by atoms with E-state index in [-0.39, 0.29) is 12.5 Å². The predicted molar refractivity (Wildman–Crippen MR) is 81.5 cm³/mol. The Balaban J connectivity index is 1.52. The van der Waals surface area contributed by atoms with Crippen molar-refractivity contribution in [3.8, 4) is 6.07 Å². The molecule has 0 saturated heterocycles. The third-order valence-corrected chi connectivity index (χ3v) is 5.52. The lowest BCUT2D eigenvalue weighted by Gasteiger charge is -2.22. The van der Waals surface area contributed by atoms with E-state index in [4.69, 9.17) is 4.74 Å². The van der Waals surface area contributed by atoms with Gasteiger partial charge in [-0.25, -0.2) is 4.79 Å². The number of ether oxygens (including phenoxy) is 1. The van der Waals surface area contributed by atoms with Crippen molar-refractivity contribution in [2.24, 2.45) is 5.92 Å². The van der Waals surface area contributed by atoms with Gasteiger partial charge < -0.3 is 10.1 Å². The van der Waals surface area contributed by atoms with E-state index in [1.165, 1.54) is 21.8 Å². The van der Waals surface area contributed by atoms with Crippen molar-refractivity contribution in [3.63, 3.8) is 0 Å². The fourth-order valence-corrected chi connectivity index (χ4v) is 3.99. The highest BCUT2D eigenvalue weighted by molar-refractivity contribution is 7.14. The minimum absolute atomic E-state index is 0.206. The minimum Gasteiger partial charge on any atom is -0.451 e. The SMILES string of the molecule is CC(C#N)(NC(=O)COC(=O)c1cc2c(s1)CCC2)C1CC1. The Morgan fingerprint density at radius 3 is 2.91 bits per heavy atom. The van der Waals surface area contributed by atoms with E-state index in [1.54, 1.807) is 6.92 Å². The molecule has 1 unspecified atom stereocenters. The molecule has 1 N–H and O–H groups in total. The molecule has 0 aromatic carbocycles. The molecule has 1 amide bonds. The summed E-state index contributed by atoms with van der Waals surface area (Å²) in [5.74, 6) is -0.676. The number of amides is 1. The Morgan fingerprint density at radius 1 is 1.50 bits per heavy atom. The number of hydrogen-bond acceptors (Lipinski definition) is 5. The van der Waals surface area contributed by atoms with Crippen LogP contribution in [-0.4, -0.2) is 24.0 Å². The standard InChI is InChI=1S/C16H18N2O3S/c1-16(9-17,11-5-6-11)18-14(19)8-21-15(20)13-7-10-3-2-4-12(10)22-13/h7,11H,2-6,8H2,1H3,(H,18,19). The average Bonchev–Trinajstić information content (AvgIpc) is 3.14. The van der Waals surface area contributed by atoms with Gasteiger partial charge in [-0.05, 0) is 56.6 Å². The molecule has 1 heterocycles. The number of aryl methyl sites for hydroxylation is 2. The molecular formula is C16H18N2O3S. The number of nitriles is 1. The molecule has 1 aromatic rings. The molecule has 1 fully saturated rings. The number of nitrogens with zero attached hydrogens (tertiary/aromatic N) is 1. The van der Waals surface area contributed by atoms with Crippen molar-refractivity contribution >= 4 is 23.2 Å². The zero-order valence-corrected chi connectivity index (χ0v) is 13.3. The topological polar surface area (TPSA) is 79.2 Å². The normalized spacial score (nSPS) is 18.9. The smallest absolute Gasteiger partial charge is 0.348 e. The number of esters is 1. The van der Waals surface area contributed by atoms with Crippen LogP contribution < -0.4 is 5.32 Å². The summed E-state index contributed by atoms with van der Waals surface area (Å²) >= 11 is 1.46. The monoisotopic (exact) mass is 318 g/mol. The maximum Gasteiger partial charge on any atom is 0.348 e. The fraction of sp³-hybridized carbons (Fsp3) is 0.562. The lowest BCUT2D eigenvalue weighted by molar-refractivity contribution is -0.125. The molecule has 22 heavy (non-hydrogen) atoms. The molecule has 5 nitrogen and oxygen atoms in total. The molecule has 0 bridgehead atoms. The van der Waals surface area contributed by atoms with Gasteiger partial charge in [-0.15, -0.1) is 11.3 Å². The van der Waals surface area contributed by atoms with Gasteiger partial charge in [-0.2, -0.15) is 5.26 Å². The third kappa shape index (κ3) is 3.00. The summed E-state index contributed by atoms with van der Waals surface area (Å²) in [5.41, 5.74) is 0.375. The number of nitrogens with one attached hydrogen (secondary N) is 1. The van der Waals surface area contributed by atoms with Gasteiger partial charge in [0.25, 0.3) is 5.91 Å². The van der Waals surface area contributed by atoms with Gasteiger partial charge in [0.1, 0.15) is 10.4 Å². The first-order chi connectivity index (χ1) is 10.5. The quantitative estimate of drug-likeness (QED) is 0.844. The van der Waals surface area contributed by atoms with Crippen LogP contribution in [0, 0.1) is 17.2 Å². The van der Waals surface area contributed by atoms with E-state index in [0.717, 1.165) is 32.1 Å². The van der Waals surface area contributed by atoms with Crippen LogP contribution >= 0.6 is 11.3 Å². The Hall–Kier alpha value is -1.87. The van der Waals surface area contributed by atoms with Gasteiger partial charge in [0.2, 0.25) is 0 Å². The fourth-order valence-electron chi connectivity index (χ4n) is 2.84. The minimum atomic E-state index is -0.854. The number of carbonyl (C=O) groups excluding carboxylic acids is 2. The highest BCUT2D eigenvalue weighted by atomic mass is 32.1. The maximum atomic E-state index is 12.0. The summed E-state index contributed by atoms with van der Waals surface area (Å²) in [6.45, 7) is 1.37. The molecule has 0 radical (unpaired) electrons. The second-order valence-electron chi connectivity index (χ2n) is 6.13. The second-order valence-corrected chi connectivity index (χ2v) is 7.26. The van der Waals surface area contributed by atoms with E-state index in [1.807, 2.05) is 6.07 Å². The Morgan fingerprint density at radius 2 is 2.27 bits per heavy atom. The number of thiophene rings is 1. The largest absolute Gasteiger partial charge is 0.451 e. The summed E-state index contributed by atoms with van der Waals surface area (Å²) < 4.78 is 5.07. The van der Waals surface area contributed by atoms with Gasteiger partial charge in [0.05, 0.1) is 6.07 Å². The Labute approximate surface area is 133 Å². The van der Waals surface area contributed by atoms with Gasteiger partial charge in [0, 0.05) is 4.88 Å². The third-order valence-electron chi connectivity index (χ3n) is 4.31. The second kappa shape index (κ2) is 5.73. The maximum absolute atomic E-state index is 12.0. The lowest BCUT2D eigenvalue weighted by atomic mass is 9.98. The molecule has 6 heteroatoms. The van der Waals surface area contributed by atoms with E-state index in [9.17, 15) is 14.9 Å². The van der Waals surface area contributed by atoms with Crippen LogP contribution in [0.5, 0.6) is 0 Å². The molecule has 1 aromatic heterocycles. The van der Waals surface area contributed by atoms with Gasteiger partial charge in [0.15, 0.2) is 6.61 Å². The Kier molecular flexibility index (Phi) is 3.92. The van der Waals surface area contributed by atoms with Crippen LogP contribution in [-0.2, 0) is 22.4 Å². The summed E-state index contributed by atoms with van der Waals surface area (Å²) in [7, 11) is 0. The van der Waals surface area contributed by atoms with Crippen LogP contribution in [0.2, 0.25) is 0 Å². The van der Waals surface area contributed by atoms with Crippen molar-refractivity contribution in [2.45, 2.75) is 44.6 Å².